The van der Waals surface area contributed by atoms with Crippen molar-refractivity contribution in [2.24, 2.45) is 13.0 Å². The average Bonchev–Trinajstić information content (AvgIpc) is 3.07. The van der Waals surface area contributed by atoms with Gasteiger partial charge < -0.3 is 19.3 Å². The topological polar surface area (TPSA) is 114 Å². The first-order chi connectivity index (χ1) is 14.2. The third-order valence-electron chi connectivity index (χ3n) is 4.94. The fourth-order valence-corrected chi connectivity index (χ4v) is 4.98. The van der Waals surface area contributed by atoms with Crippen LogP contribution in [0.1, 0.15) is 31.3 Å². The minimum absolute atomic E-state index is 0.0185. The molecule has 1 aromatic carbocycles. The Kier molecular flexibility index (Phi) is 6.79. The highest BCUT2D eigenvalue weighted by Gasteiger charge is 2.37. The first kappa shape index (κ1) is 22.3. The predicted octanol–water partition coefficient (Wildman–Crippen LogP) is 1.28. The molecule has 0 radical (unpaired) electrons. The highest BCUT2D eigenvalue weighted by molar-refractivity contribution is 7.92. The minimum atomic E-state index is -3.42. The summed E-state index contributed by atoms with van der Waals surface area (Å²) in [5, 5.41) is 10.0. The number of aromatic nitrogens is 2. The minimum Gasteiger partial charge on any atom is -0.394 e. The molecule has 2 aromatic rings. The van der Waals surface area contributed by atoms with Gasteiger partial charge in [-0.05, 0) is 23.6 Å². The zero-order valence-electron chi connectivity index (χ0n) is 17.4. The molecular formula is C20H28N4O5S. The van der Waals surface area contributed by atoms with Gasteiger partial charge >= 0.3 is 0 Å². The van der Waals surface area contributed by atoms with E-state index in [1.165, 1.54) is 0 Å². The number of benzene rings is 1. The zero-order chi connectivity index (χ0) is 21.9. The number of hydrogen-bond donors (Lipinski definition) is 2. The van der Waals surface area contributed by atoms with Gasteiger partial charge in [-0.3, -0.25) is 9.52 Å². The molecule has 3 rings (SSSR count). The van der Waals surface area contributed by atoms with Crippen molar-refractivity contribution >= 4 is 21.6 Å². The second kappa shape index (κ2) is 9.15. The molecule has 1 fully saturated rings. The van der Waals surface area contributed by atoms with E-state index in [4.69, 9.17) is 4.74 Å². The number of rotatable bonds is 8. The smallest absolute Gasteiger partial charge is 0.249 e. The van der Waals surface area contributed by atoms with Crippen LogP contribution in [0.2, 0.25) is 0 Å². The predicted molar refractivity (Wildman–Crippen MR) is 112 cm³/mol. The number of nitrogens with one attached hydrogen (secondary N) is 1. The number of imidazole rings is 1. The maximum Gasteiger partial charge on any atom is 0.249 e. The Bertz CT molecular complexity index is 971. The van der Waals surface area contributed by atoms with Crippen LogP contribution in [-0.2, 0) is 33.1 Å². The third kappa shape index (κ3) is 5.18. The average molecular weight is 437 g/mol. The molecule has 2 atom stereocenters. The maximum atomic E-state index is 12.5. The molecule has 1 aliphatic rings. The van der Waals surface area contributed by atoms with E-state index in [1.807, 2.05) is 25.5 Å². The van der Waals surface area contributed by atoms with E-state index in [0.29, 0.717) is 11.5 Å². The van der Waals surface area contributed by atoms with E-state index in [0.717, 1.165) is 5.56 Å². The number of nitrogens with zero attached hydrogens (tertiary/aromatic N) is 3. The van der Waals surface area contributed by atoms with Gasteiger partial charge in [0.05, 0.1) is 24.9 Å². The molecule has 30 heavy (non-hydrogen) atoms. The van der Waals surface area contributed by atoms with Crippen molar-refractivity contribution < 1.29 is 23.1 Å². The number of sulfonamides is 1. The Morgan fingerprint density at radius 1 is 1.30 bits per heavy atom. The Morgan fingerprint density at radius 3 is 2.57 bits per heavy atom. The van der Waals surface area contributed by atoms with Crippen molar-refractivity contribution in [1.82, 2.24) is 14.5 Å². The van der Waals surface area contributed by atoms with Crippen LogP contribution >= 0.6 is 0 Å². The van der Waals surface area contributed by atoms with Crippen molar-refractivity contribution in [2.45, 2.75) is 32.5 Å². The molecule has 2 heterocycles. The SMILES string of the molecule is CC(C)CS(=O)(=O)Nc1ccc(C2OCC(=O)N(Cc3nccn3C)C2CO)cc1. The van der Waals surface area contributed by atoms with Crippen molar-refractivity contribution in [3.8, 4) is 0 Å². The van der Waals surface area contributed by atoms with Crippen LogP contribution in [0.5, 0.6) is 0 Å². The number of anilines is 1. The molecule has 2 N–H and O–H groups in total. The number of ether oxygens (including phenoxy) is 1. The maximum absolute atomic E-state index is 12.5. The lowest BCUT2D eigenvalue weighted by Crippen LogP contribution is -2.52. The summed E-state index contributed by atoms with van der Waals surface area (Å²) in [4.78, 5) is 18.3. The van der Waals surface area contributed by atoms with E-state index < -0.39 is 22.2 Å². The summed E-state index contributed by atoms with van der Waals surface area (Å²) in [7, 11) is -1.57. The van der Waals surface area contributed by atoms with Crippen LogP contribution in [0.15, 0.2) is 36.7 Å². The molecule has 10 heteroatoms. The Labute approximate surface area is 176 Å². The van der Waals surface area contributed by atoms with Crippen LogP contribution in [0.4, 0.5) is 5.69 Å². The van der Waals surface area contributed by atoms with Gasteiger partial charge in [0, 0.05) is 25.1 Å². The highest BCUT2D eigenvalue weighted by atomic mass is 32.2. The summed E-state index contributed by atoms with van der Waals surface area (Å²) in [6.07, 6.45) is 2.92. The second-order valence-corrected chi connectivity index (χ2v) is 9.62. The van der Waals surface area contributed by atoms with Crippen LogP contribution in [0.25, 0.3) is 0 Å². The molecule has 0 bridgehead atoms. The van der Waals surface area contributed by atoms with Gasteiger partial charge in [-0.25, -0.2) is 13.4 Å². The molecule has 0 spiro atoms. The van der Waals surface area contributed by atoms with Crippen LogP contribution < -0.4 is 4.72 Å². The van der Waals surface area contributed by atoms with E-state index in [1.54, 1.807) is 41.6 Å². The first-order valence-corrected chi connectivity index (χ1v) is 11.4. The first-order valence-electron chi connectivity index (χ1n) is 9.78. The quantitative estimate of drug-likeness (QED) is 0.644. The Morgan fingerprint density at radius 2 is 2.00 bits per heavy atom. The normalized spacial score (nSPS) is 20.0. The molecule has 164 valence electrons. The molecule has 2 unspecified atom stereocenters. The summed E-state index contributed by atoms with van der Waals surface area (Å²) in [5.41, 5.74) is 1.20. The Balaban J connectivity index is 1.77. The molecule has 0 saturated carbocycles. The molecule has 9 nitrogen and oxygen atoms in total. The number of aryl methyl sites for hydroxylation is 1. The fourth-order valence-electron chi connectivity index (χ4n) is 3.52. The number of amides is 1. The molecule has 1 aliphatic heterocycles. The van der Waals surface area contributed by atoms with E-state index in [-0.39, 0.29) is 37.3 Å². The fraction of sp³-hybridized carbons (Fsp3) is 0.500. The monoisotopic (exact) mass is 436 g/mol. The number of carbonyl (C=O) groups excluding carboxylic acids is 1. The van der Waals surface area contributed by atoms with Gasteiger partial charge in [-0.2, -0.15) is 0 Å². The summed E-state index contributed by atoms with van der Waals surface area (Å²) in [6.45, 7) is 3.57. The van der Waals surface area contributed by atoms with Gasteiger partial charge in [0.2, 0.25) is 15.9 Å². The second-order valence-electron chi connectivity index (χ2n) is 7.86. The summed E-state index contributed by atoms with van der Waals surface area (Å²) < 4.78 is 34.4. The molecule has 1 amide bonds. The summed E-state index contributed by atoms with van der Waals surface area (Å²) >= 11 is 0. The number of carbonyl (C=O) groups is 1. The number of aliphatic hydroxyl groups is 1. The molecule has 0 aliphatic carbocycles. The van der Waals surface area contributed by atoms with Crippen LogP contribution in [-0.4, -0.2) is 58.9 Å². The largest absolute Gasteiger partial charge is 0.394 e. The van der Waals surface area contributed by atoms with E-state index >= 15 is 0 Å². The molecular weight excluding hydrogens is 408 g/mol. The van der Waals surface area contributed by atoms with E-state index in [9.17, 15) is 18.3 Å². The van der Waals surface area contributed by atoms with Gasteiger partial charge in [0.15, 0.2) is 0 Å². The lowest BCUT2D eigenvalue weighted by molar-refractivity contribution is -0.162. The molecule has 1 aromatic heterocycles. The number of morpholine rings is 1. The van der Waals surface area contributed by atoms with Gasteiger partial charge in [-0.1, -0.05) is 26.0 Å². The van der Waals surface area contributed by atoms with Gasteiger partial charge in [0.1, 0.15) is 18.5 Å². The van der Waals surface area contributed by atoms with Crippen molar-refractivity contribution in [3.63, 3.8) is 0 Å². The molecule has 1 saturated heterocycles. The summed E-state index contributed by atoms with van der Waals surface area (Å²) in [6, 6.07) is 6.23. The lowest BCUT2D eigenvalue weighted by Gasteiger charge is -2.40. The van der Waals surface area contributed by atoms with Crippen LogP contribution in [0, 0.1) is 5.92 Å². The van der Waals surface area contributed by atoms with Crippen molar-refractivity contribution in [1.29, 1.82) is 0 Å². The van der Waals surface area contributed by atoms with Gasteiger partial charge in [-0.15, -0.1) is 0 Å². The highest BCUT2D eigenvalue weighted by Crippen LogP contribution is 2.31. The van der Waals surface area contributed by atoms with Crippen molar-refractivity contribution in [3.05, 3.63) is 48.0 Å². The summed E-state index contributed by atoms with van der Waals surface area (Å²) in [5.74, 6) is 0.547. The standard InChI is InChI=1S/C20H28N4O5S/c1-14(2)13-30(27,28)22-16-6-4-15(5-7-16)20-17(11-25)24(19(26)12-29-20)10-18-21-8-9-23(18)3/h4-9,14,17,20,22,25H,10-13H2,1-3H3. The van der Waals surface area contributed by atoms with E-state index in [2.05, 4.69) is 9.71 Å². The zero-order valence-corrected chi connectivity index (χ0v) is 18.2. The Hall–Kier alpha value is -2.43. The lowest BCUT2D eigenvalue weighted by atomic mass is 9.99. The number of aliphatic hydroxyl groups excluding tert-OH is 1. The third-order valence-corrected chi connectivity index (χ3v) is 6.59. The van der Waals surface area contributed by atoms with Crippen molar-refractivity contribution in [2.75, 3.05) is 23.7 Å². The van der Waals surface area contributed by atoms with Crippen LogP contribution in [0.3, 0.4) is 0 Å². The number of hydrogen-bond acceptors (Lipinski definition) is 6. The van der Waals surface area contributed by atoms with Gasteiger partial charge in [0.25, 0.3) is 0 Å².